The monoisotopic (exact) mass is 229 g/mol. The first-order chi connectivity index (χ1) is 8.12. The third kappa shape index (κ3) is 1.54. The lowest BCUT2D eigenvalue weighted by Crippen LogP contribution is -2.44. The zero-order valence-electron chi connectivity index (χ0n) is 10.6. The number of hydrogen-bond acceptors (Lipinski definition) is 2. The summed E-state index contributed by atoms with van der Waals surface area (Å²) in [6, 6.07) is 6.54. The fraction of sp³-hybridized carbons (Fsp3) is 0.533. The van der Waals surface area contributed by atoms with Crippen molar-refractivity contribution >= 4 is 5.78 Å². The Morgan fingerprint density at radius 3 is 2.65 bits per heavy atom. The SMILES string of the molecule is Cc1ccc2c(c1)CC(=O)C21CCN(C)CC1. The van der Waals surface area contributed by atoms with Crippen molar-refractivity contribution in [1.29, 1.82) is 0 Å². The van der Waals surface area contributed by atoms with Gasteiger partial charge in [0.15, 0.2) is 0 Å². The minimum Gasteiger partial charge on any atom is -0.306 e. The molecule has 90 valence electrons. The summed E-state index contributed by atoms with van der Waals surface area (Å²) in [6.07, 6.45) is 2.65. The molecule has 1 aliphatic carbocycles. The van der Waals surface area contributed by atoms with Crippen LogP contribution in [0.25, 0.3) is 0 Å². The van der Waals surface area contributed by atoms with Crippen LogP contribution < -0.4 is 0 Å². The van der Waals surface area contributed by atoms with Crippen LogP contribution >= 0.6 is 0 Å². The van der Waals surface area contributed by atoms with Crippen LogP contribution in [0.1, 0.15) is 29.5 Å². The van der Waals surface area contributed by atoms with E-state index in [0.717, 1.165) is 25.9 Å². The van der Waals surface area contributed by atoms with Gasteiger partial charge in [-0.05, 0) is 51.0 Å². The lowest BCUT2D eigenvalue weighted by atomic mass is 9.73. The molecular formula is C15H19NO. The van der Waals surface area contributed by atoms with E-state index >= 15 is 0 Å². The molecule has 0 aromatic heterocycles. The van der Waals surface area contributed by atoms with E-state index in [4.69, 9.17) is 0 Å². The molecule has 2 aliphatic rings. The van der Waals surface area contributed by atoms with Crippen LogP contribution in [0.5, 0.6) is 0 Å². The normalized spacial score (nSPS) is 23.1. The van der Waals surface area contributed by atoms with E-state index in [0.29, 0.717) is 12.2 Å². The summed E-state index contributed by atoms with van der Waals surface area (Å²) in [6.45, 7) is 4.18. The van der Waals surface area contributed by atoms with Crippen molar-refractivity contribution < 1.29 is 4.79 Å². The highest BCUT2D eigenvalue weighted by atomic mass is 16.1. The van der Waals surface area contributed by atoms with Gasteiger partial charge in [0.05, 0.1) is 5.41 Å². The van der Waals surface area contributed by atoms with E-state index in [1.165, 1.54) is 16.7 Å². The van der Waals surface area contributed by atoms with E-state index in [-0.39, 0.29) is 5.41 Å². The Morgan fingerprint density at radius 1 is 1.24 bits per heavy atom. The maximum atomic E-state index is 12.4. The highest BCUT2D eigenvalue weighted by Crippen LogP contribution is 2.43. The Morgan fingerprint density at radius 2 is 1.94 bits per heavy atom. The zero-order chi connectivity index (χ0) is 12.0. The van der Waals surface area contributed by atoms with Crippen molar-refractivity contribution in [3.05, 3.63) is 34.9 Å². The van der Waals surface area contributed by atoms with Crippen LogP contribution in [0, 0.1) is 6.92 Å². The number of aryl methyl sites for hydroxylation is 1. The quantitative estimate of drug-likeness (QED) is 0.679. The van der Waals surface area contributed by atoms with Gasteiger partial charge in [-0.2, -0.15) is 0 Å². The minimum absolute atomic E-state index is 0.143. The zero-order valence-corrected chi connectivity index (χ0v) is 10.6. The number of carbonyl (C=O) groups excluding carboxylic acids is 1. The Hall–Kier alpha value is -1.15. The van der Waals surface area contributed by atoms with Crippen LogP contribution in [-0.4, -0.2) is 30.8 Å². The predicted molar refractivity (Wildman–Crippen MR) is 68.3 cm³/mol. The largest absolute Gasteiger partial charge is 0.306 e. The Labute approximate surface area is 103 Å². The molecule has 0 saturated carbocycles. The van der Waals surface area contributed by atoms with Crippen LogP contribution in [0.2, 0.25) is 0 Å². The molecule has 0 unspecified atom stereocenters. The van der Waals surface area contributed by atoms with Crippen molar-refractivity contribution in [1.82, 2.24) is 4.90 Å². The molecule has 1 spiro atoms. The maximum Gasteiger partial charge on any atom is 0.147 e. The van der Waals surface area contributed by atoms with Crippen LogP contribution in [0.4, 0.5) is 0 Å². The predicted octanol–water partition coefficient (Wildman–Crippen LogP) is 2.08. The first-order valence-electron chi connectivity index (χ1n) is 6.44. The molecule has 0 radical (unpaired) electrons. The van der Waals surface area contributed by atoms with Crippen molar-refractivity contribution in [3.63, 3.8) is 0 Å². The van der Waals surface area contributed by atoms with Gasteiger partial charge in [-0.25, -0.2) is 0 Å². The molecule has 1 aromatic carbocycles. The summed E-state index contributed by atoms with van der Waals surface area (Å²) >= 11 is 0. The second-order valence-corrected chi connectivity index (χ2v) is 5.65. The van der Waals surface area contributed by atoms with E-state index in [1.807, 2.05) is 0 Å². The lowest BCUT2D eigenvalue weighted by molar-refractivity contribution is -0.124. The molecule has 0 bridgehead atoms. The molecule has 1 aliphatic heterocycles. The van der Waals surface area contributed by atoms with Crippen molar-refractivity contribution in [3.8, 4) is 0 Å². The third-order valence-corrected chi connectivity index (χ3v) is 4.50. The van der Waals surface area contributed by atoms with E-state index in [1.54, 1.807) is 0 Å². The fourth-order valence-electron chi connectivity index (χ4n) is 3.38. The van der Waals surface area contributed by atoms with E-state index < -0.39 is 0 Å². The molecule has 0 atom stereocenters. The second kappa shape index (κ2) is 3.67. The molecule has 0 amide bonds. The molecule has 1 aromatic rings. The molecule has 0 N–H and O–H groups in total. The first kappa shape index (κ1) is 11.0. The summed E-state index contributed by atoms with van der Waals surface area (Å²) in [5.41, 5.74) is 3.72. The van der Waals surface area contributed by atoms with Gasteiger partial charge >= 0.3 is 0 Å². The molecule has 2 heteroatoms. The topological polar surface area (TPSA) is 20.3 Å². The highest BCUT2D eigenvalue weighted by molar-refractivity contribution is 5.96. The Kier molecular flexibility index (Phi) is 2.37. The van der Waals surface area contributed by atoms with Gasteiger partial charge in [-0.15, -0.1) is 0 Å². The minimum atomic E-state index is -0.143. The summed E-state index contributed by atoms with van der Waals surface area (Å²) in [4.78, 5) is 14.7. The van der Waals surface area contributed by atoms with Crippen molar-refractivity contribution in [2.24, 2.45) is 0 Å². The molecule has 1 saturated heterocycles. The van der Waals surface area contributed by atoms with Crippen LogP contribution in [0.3, 0.4) is 0 Å². The summed E-state index contributed by atoms with van der Waals surface area (Å²) in [5, 5.41) is 0. The molecule has 1 heterocycles. The number of benzene rings is 1. The van der Waals surface area contributed by atoms with E-state index in [9.17, 15) is 4.79 Å². The van der Waals surface area contributed by atoms with E-state index in [2.05, 4.69) is 37.1 Å². The number of nitrogens with zero attached hydrogens (tertiary/aromatic N) is 1. The van der Waals surface area contributed by atoms with Crippen molar-refractivity contribution in [2.75, 3.05) is 20.1 Å². The number of likely N-dealkylation sites (tertiary alicyclic amines) is 1. The van der Waals surface area contributed by atoms with Crippen LogP contribution in [0.15, 0.2) is 18.2 Å². The third-order valence-electron chi connectivity index (χ3n) is 4.50. The smallest absolute Gasteiger partial charge is 0.147 e. The van der Waals surface area contributed by atoms with Gasteiger partial charge < -0.3 is 4.90 Å². The standard InChI is InChI=1S/C15H19NO/c1-11-3-4-13-12(9-11)10-14(17)15(13)5-7-16(2)8-6-15/h3-4,9H,5-8,10H2,1-2H3. The lowest BCUT2D eigenvalue weighted by Gasteiger charge is -2.37. The summed E-state index contributed by atoms with van der Waals surface area (Å²) in [5.74, 6) is 0.450. The average molecular weight is 229 g/mol. The van der Waals surface area contributed by atoms with Gasteiger partial charge in [-0.3, -0.25) is 4.79 Å². The summed E-state index contributed by atoms with van der Waals surface area (Å²) in [7, 11) is 2.14. The molecule has 17 heavy (non-hydrogen) atoms. The maximum absolute atomic E-state index is 12.4. The van der Waals surface area contributed by atoms with Gasteiger partial charge in [0.2, 0.25) is 0 Å². The van der Waals surface area contributed by atoms with Gasteiger partial charge in [0.1, 0.15) is 5.78 Å². The number of piperidine rings is 1. The Bertz CT molecular complexity index is 470. The number of fused-ring (bicyclic) bond motifs is 2. The molecule has 1 fully saturated rings. The average Bonchev–Trinajstić information content (AvgIpc) is 2.55. The van der Waals surface area contributed by atoms with Gasteiger partial charge in [-0.1, -0.05) is 23.8 Å². The van der Waals surface area contributed by atoms with Crippen LogP contribution in [-0.2, 0) is 16.6 Å². The number of rotatable bonds is 0. The van der Waals surface area contributed by atoms with Gasteiger partial charge in [0.25, 0.3) is 0 Å². The number of Topliss-reactive ketones (excluding diaryl/α,β-unsaturated/α-hetero) is 1. The molecule has 3 rings (SSSR count). The first-order valence-corrected chi connectivity index (χ1v) is 6.44. The fourth-order valence-corrected chi connectivity index (χ4v) is 3.38. The Balaban J connectivity index is 2.05. The molecule has 2 nitrogen and oxygen atoms in total. The second-order valence-electron chi connectivity index (χ2n) is 5.65. The molecular weight excluding hydrogens is 210 g/mol. The number of hydrogen-bond donors (Lipinski definition) is 0. The number of ketones is 1. The summed E-state index contributed by atoms with van der Waals surface area (Å²) < 4.78 is 0. The van der Waals surface area contributed by atoms with Gasteiger partial charge in [0, 0.05) is 6.42 Å². The van der Waals surface area contributed by atoms with Crippen molar-refractivity contribution in [2.45, 2.75) is 31.6 Å². The number of carbonyl (C=O) groups is 1. The highest BCUT2D eigenvalue weighted by Gasteiger charge is 2.47.